The van der Waals surface area contributed by atoms with Crippen molar-refractivity contribution in [2.75, 3.05) is 7.11 Å². The number of carbonyl (C=O) groups is 1. The van der Waals surface area contributed by atoms with E-state index in [1.807, 2.05) is 36.4 Å². The van der Waals surface area contributed by atoms with Gasteiger partial charge in [0.25, 0.3) is 5.91 Å². The summed E-state index contributed by atoms with van der Waals surface area (Å²) in [4.78, 5) is 12.1. The predicted octanol–water partition coefficient (Wildman–Crippen LogP) is 2.62. The lowest BCUT2D eigenvalue weighted by Gasteiger charge is -2.07. The summed E-state index contributed by atoms with van der Waals surface area (Å²) >= 11 is 0. The van der Waals surface area contributed by atoms with Crippen molar-refractivity contribution >= 4 is 12.0 Å². The fourth-order valence-electron chi connectivity index (χ4n) is 2.00. The van der Waals surface area contributed by atoms with Crippen LogP contribution >= 0.6 is 0 Å². The third-order valence-electron chi connectivity index (χ3n) is 3.21. The molecule has 0 unspecified atom stereocenters. The van der Waals surface area contributed by atoms with Gasteiger partial charge in [0.2, 0.25) is 0 Å². The van der Waals surface area contributed by atoms with Crippen molar-refractivity contribution < 1.29 is 14.6 Å². The molecular formula is C18H16N2O3. The van der Waals surface area contributed by atoms with Gasteiger partial charge >= 0.3 is 0 Å². The molecule has 0 fully saturated rings. The van der Waals surface area contributed by atoms with E-state index in [1.165, 1.54) is 13.2 Å². The molecule has 2 aromatic rings. The van der Waals surface area contributed by atoms with Gasteiger partial charge in [-0.3, -0.25) is 4.79 Å². The third-order valence-corrected chi connectivity index (χ3v) is 3.21. The Morgan fingerprint density at radius 1 is 1.26 bits per heavy atom. The average molecular weight is 308 g/mol. The highest BCUT2D eigenvalue weighted by atomic mass is 16.5. The molecule has 1 amide bonds. The predicted molar refractivity (Wildman–Crippen MR) is 86.5 cm³/mol. The SMILES string of the molecule is COc1cccc(/C=C(\C#N)C(=O)NCc2ccccc2)c1O. The topological polar surface area (TPSA) is 82.3 Å². The van der Waals surface area contributed by atoms with Crippen molar-refractivity contribution in [3.63, 3.8) is 0 Å². The lowest BCUT2D eigenvalue weighted by molar-refractivity contribution is -0.117. The van der Waals surface area contributed by atoms with E-state index in [0.717, 1.165) is 5.56 Å². The van der Waals surface area contributed by atoms with Crippen LogP contribution in [-0.4, -0.2) is 18.1 Å². The van der Waals surface area contributed by atoms with Crippen molar-refractivity contribution in [2.24, 2.45) is 0 Å². The van der Waals surface area contributed by atoms with E-state index in [-0.39, 0.29) is 17.1 Å². The molecule has 0 aliphatic heterocycles. The summed E-state index contributed by atoms with van der Waals surface area (Å²) in [5, 5.41) is 21.9. The molecule has 0 heterocycles. The first-order chi connectivity index (χ1) is 11.2. The standard InChI is InChI=1S/C18H16N2O3/c1-23-16-9-5-8-14(17(16)21)10-15(11-19)18(22)20-12-13-6-3-2-4-7-13/h2-10,21H,12H2,1H3,(H,20,22)/b15-10+. The minimum absolute atomic E-state index is 0.0931. The second-order valence-corrected chi connectivity index (χ2v) is 4.74. The summed E-state index contributed by atoms with van der Waals surface area (Å²) in [6.45, 7) is 0.322. The molecule has 0 atom stereocenters. The molecule has 2 rings (SSSR count). The smallest absolute Gasteiger partial charge is 0.262 e. The van der Waals surface area contributed by atoms with E-state index < -0.39 is 5.91 Å². The molecule has 23 heavy (non-hydrogen) atoms. The van der Waals surface area contributed by atoms with Crippen LogP contribution in [0.15, 0.2) is 54.1 Å². The molecule has 0 aromatic heterocycles. The Morgan fingerprint density at radius 3 is 2.65 bits per heavy atom. The number of amides is 1. The highest BCUT2D eigenvalue weighted by Crippen LogP contribution is 2.30. The van der Waals surface area contributed by atoms with E-state index in [1.54, 1.807) is 18.2 Å². The van der Waals surface area contributed by atoms with Gasteiger partial charge in [-0.1, -0.05) is 42.5 Å². The van der Waals surface area contributed by atoms with E-state index in [2.05, 4.69) is 5.32 Å². The number of carbonyl (C=O) groups excluding carboxylic acids is 1. The minimum Gasteiger partial charge on any atom is -0.504 e. The van der Waals surface area contributed by atoms with Crippen LogP contribution in [0.2, 0.25) is 0 Å². The zero-order valence-electron chi connectivity index (χ0n) is 12.6. The van der Waals surface area contributed by atoms with E-state index >= 15 is 0 Å². The van der Waals surface area contributed by atoms with Gasteiger partial charge in [-0.25, -0.2) is 0 Å². The number of para-hydroxylation sites is 1. The molecule has 0 bridgehead atoms. The van der Waals surface area contributed by atoms with Gasteiger partial charge in [-0.2, -0.15) is 5.26 Å². The first-order valence-electron chi connectivity index (χ1n) is 6.95. The molecule has 0 aliphatic rings. The van der Waals surface area contributed by atoms with E-state index in [0.29, 0.717) is 12.1 Å². The van der Waals surface area contributed by atoms with Crippen LogP contribution in [0, 0.1) is 11.3 Å². The van der Waals surface area contributed by atoms with Gasteiger partial charge in [0.1, 0.15) is 11.6 Å². The number of nitrogens with one attached hydrogen (secondary N) is 1. The van der Waals surface area contributed by atoms with E-state index in [9.17, 15) is 15.2 Å². The molecule has 2 N–H and O–H groups in total. The Labute approximate surface area is 134 Å². The molecule has 2 aromatic carbocycles. The molecule has 0 aliphatic carbocycles. The number of phenols is 1. The number of benzene rings is 2. The zero-order chi connectivity index (χ0) is 16.7. The Morgan fingerprint density at radius 2 is 2.00 bits per heavy atom. The van der Waals surface area contributed by atoms with Crippen LogP contribution < -0.4 is 10.1 Å². The van der Waals surface area contributed by atoms with Crippen LogP contribution in [0.3, 0.4) is 0 Å². The normalized spacial score (nSPS) is 10.7. The highest BCUT2D eigenvalue weighted by molar-refractivity contribution is 6.02. The van der Waals surface area contributed by atoms with Gasteiger partial charge in [0, 0.05) is 12.1 Å². The Balaban J connectivity index is 2.16. The number of ether oxygens (including phenoxy) is 1. The van der Waals surface area contributed by atoms with Crippen molar-refractivity contribution in [2.45, 2.75) is 6.54 Å². The number of phenolic OH excluding ortho intramolecular Hbond substituents is 1. The van der Waals surface area contributed by atoms with Crippen LogP contribution in [0.1, 0.15) is 11.1 Å². The number of rotatable bonds is 5. The molecule has 116 valence electrons. The molecule has 0 saturated heterocycles. The van der Waals surface area contributed by atoms with Gasteiger partial charge in [-0.05, 0) is 17.7 Å². The number of methoxy groups -OCH3 is 1. The van der Waals surface area contributed by atoms with Gasteiger partial charge < -0.3 is 15.2 Å². The number of nitriles is 1. The average Bonchev–Trinajstić information content (AvgIpc) is 2.59. The van der Waals surface area contributed by atoms with Crippen LogP contribution in [0.4, 0.5) is 0 Å². The number of nitrogens with zero attached hydrogens (tertiary/aromatic N) is 1. The van der Waals surface area contributed by atoms with Crippen molar-refractivity contribution in [1.29, 1.82) is 5.26 Å². The number of hydrogen-bond acceptors (Lipinski definition) is 4. The van der Waals surface area contributed by atoms with Crippen molar-refractivity contribution in [1.82, 2.24) is 5.32 Å². The van der Waals surface area contributed by atoms with Crippen molar-refractivity contribution in [3.05, 3.63) is 65.2 Å². The van der Waals surface area contributed by atoms with E-state index in [4.69, 9.17) is 4.74 Å². The summed E-state index contributed by atoms with van der Waals surface area (Å²) in [5.74, 6) is -0.335. The van der Waals surface area contributed by atoms with Gasteiger partial charge in [0.05, 0.1) is 7.11 Å². The Bertz CT molecular complexity index is 762. The maximum Gasteiger partial charge on any atom is 0.262 e. The summed E-state index contributed by atoms with van der Waals surface area (Å²) in [6.07, 6.45) is 1.33. The second kappa shape index (κ2) is 7.66. The number of hydrogen-bond donors (Lipinski definition) is 2. The molecule has 0 saturated carbocycles. The molecule has 0 spiro atoms. The fraction of sp³-hybridized carbons (Fsp3) is 0.111. The molecule has 5 nitrogen and oxygen atoms in total. The Hall–Kier alpha value is -3.26. The second-order valence-electron chi connectivity index (χ2n) is 4.74. The monoisotopic (exact) mass is 308 g/mol. The largest absolute Gasteiger partial charge is 0.504 e. The van der Waals surface area contributed by atoms with Crippen LogP contribution in [0.5, 0.6) is 11.5 Å². The molecule has 0 radical (unpaired) electrons. The maximum atomic E-state index is 12.1. The lowest BCUT2D eigenvalue weighted by atomic mass is 10.1. The summed E-state index contributed by atoms with van der Waals surface area (Å²) in [7, 11) is 1.43. The molecule has 5 heteroatoms. The summed E-state index contributed by atoms with van der Waals surface area (Å²) in [5.41, 5.74) is 1.18. The van der Waals surface area contributed by atoms with Crippen LogP contribution in [-0.2, 0) is 11.3 Å². The van der Waals surface area contributed by atoms with Gasteiger partial charge in [0.15, 0.2) is 11.5 Å². The first-order valence-corrected chi connectivity index (χ1v) is 6.95. The third kappa shape index (κ3) is 4.11. The molecular weight excluding hydrogens is 292 g/mol. The quantitative estimate of drug-likeness (QED) is 0.657. The fourth-order valence-corrected chi connectivity index (χ4v) is 2.00. The highest BCUT2D eigenvalue weighted by Gasteiger charge is 2.12. The zero-order valence-corrected chi connectivity index (χ0v) is 12.6. The number of aromatic hydroxyl groups is 1. The van der Waals surface area contributed by atoms with Crippen molar-refractivity contribution in [3.8, 4) is 17.6 Å². The lowest BCUT2D eigenvalue weighted by Crippen LogP contribution is -2.23. The van der Waals surface area contributed by atoms with Gasteiger partial charge in [-0.15, -0.1) is 0 Å². The summed E-state index contributed by atoms with van der Waals surface area (Å²) in [6, 6.07) is 16.1. The van der Waals surface area contributed by atoms with Crippen LogP contribution in [0.25, 0.3) is 6.08 Å². The minimum atomic E-state index is -0.501. The maximum absolute atomic E-state index is 12.1. The Kier molecular flexibility index (Phi) is 5.37. The summed E-state index contributed by atoms with van der Waals surface area (Å²) < 4.78 is 5.00. The first kappa shape index (κ1) is 16.1.